The van der Waals surface area contributed by atoms with E-state index in [9.17, 15) is 9.59 Å². The first kappa shape index (κ1) is 19.9. The predicted octanol–water partition coefficient (Wildman–Crippen LogP) is 2.67. The van der Waals surface area contributed by atoms with E-state index in [0.29, 0.717) is 0 Å². The van der Waals surface area contributed by atoms with Gasteiger partial charge in [0.15, 0.2) is 11.6 Å². The lowest BCUT2D eigenvalue weighted by Gasteiger charge is -2.56. The molecule has 0 spiro atoms. The molecule has 0 saturated heterocycles. The highest BCUT2D eigenvalue weighted by Gasteiger charge is 2.51. The van der Waals surface area contributed by atoms with Crippen molar-refractivity contribution in [3.05, 3.63) is 29.3 Å². The number of carbonyl (C=O) groups is 2. The summed E-state index contributed by atoms with van der Waals surface area (Å²) in [5, 5.41) is 6.82. The zero-order chi connectivity index (χ0) is 20.9. The number of aromatic nitrogens is 1. The molecule has 1 aromatic carbocycles. The molecule has 6 nitrogen and oxygen atoms in total. The van der Waals surface area contributed by atoms with Gasteiger partial charge in [-0.3, -0.25) is 10.1 Å². The van der Waals surface area contributed by atoms with E-state index >= 15 is 0 Å². The summed E-state index contributed by atoms with van der Waals surface area (Å²) in [6.07, 6.45) is 7.25. The maximum absolute atomic E-state index is 12.6. The number of benzene rings is 1. The normalized spacial score (nSPS) is 31.5. The number of rotatable bonds is 5. The van der Waals surface area contributed by atoms with Crippen LogP contribution in [0.1, 0.15) is 56.5 Å². The van der Waals surface area contributed by atoms with Gasteiger partial charge in [0.2, 0.25) is 0 Å². The lowest BCUT2D eigenvalue weighted by Crippen LogP contribution is -3.10. The van der Waals surface area contributed by atoms with E-state index < -0.39 is 0 Å². The molecule has 7 heteroatoms. The average Bonchev–Trinajstić information content (AvgIpc) is 3.09. The van der Waals surface area contributed by atoms with Gasteiger partial charge in [-0.15, -0.1) is 11.3 Å². The van der Waals surface area contributed by atoms with E-state index in [1.807, 2.05) is 25.2 Å². The van der Waals surface area contributed by atoms with Crippen LogP contribution >= 0.6 is 11.3 Å². The molecule has 1 aromatic heterocycles. The van der Waals surface area contributed by atoms with Crippen LogP contribution in [-0.4, -0.2) is 36.1 Å². The lowest BCUT2D eigenvalue weighted by molar-refractivity contribution is -0.902. The van der Waals surface area contributed by atoms with Crippen molar-refractivity contribution in [2.75, 3.05) is 13.6 Å². The molecule has 160 valence electrons. The SMILES string of the molecule is C[C@@H](c1nc2ccccc2s1)[NH+](C)CC(=O)NC(=O)NC12CC3CC(CC(C3)C1)C2. The number of fused-ring (bicyclic) bond motifs is 1. The number of imide groups is 1. The van der Waals surface area contributed by atoms with Crippen molar-refractivity contribution in [2.45, 2.75) is 57.0 Å². The third-order valence-electron chi connectivity index (χ3n) is 7.53. The summed E-state index contributed by atoms with van der Waals surface area (Å²) in [6.45, 7) is 2.32. The highest BCUT2D eigenvalue weighted by Crippen LogP contribution is 2.55. The van der Waals surface area contributed by atoms with E-state index in [1.54, 1.807) is 11.3 Å². The molecule has 4 aliphatic carbocycles. The van der Waals surface area contributed by atoms with Crippen molar-refractivity contribution >= 4 is 33.5 Å². The number of quaternary nitrogens is 1. The number of carbonyl (C=O) groups excluding carboxylic acids is 2. The molecule has 1 unspecified atom stereocenters. The molecule has 4 bridgehead atoms. The van der Waals surface area contributed by atoms with Gasteiger partial charge in [-0.05, 0) is 75.3 Å². The second-order valence-electron chi connectivity index (χ2n) is 9.96. The number of hydrogen-bond acceptors (Lipinski definition) is 4. The topological polar surface area (TPSA) is 75.5 Å². The Labute approximate surface area is 181 Å². The molecule has 1 heterocycles. The van der Waals surface area contributed by atoms with Gasteiger partial charge in [-0.2, -0.15) is 0 Å². The molecule has 4 saturated carbocycles. The molecule has 3 amide bonds. The molecular weight excluding hydrogens is 396 g/mol. The van der Waals surface area contributed by atoms with Crippen molar-refractivity contribution in [2.24, 2.45) is 17.8 Å². The first-order valence-electron chi connectivity index (χ1n) is 11.2. The number of urea groups is 1. The van der Waals surface area contributed by atoms with Crippen LogP contribution in [-0.2, 0) is 4.79 Å². The lowest BCUT2D eigenvalue weighted by atomic mass is 9.53. The number of nitrogens with zero attached hydrogens (tertiary/aromatic N) is 1. The highest BCUT2D eigenvalue weighted by atomic mass is 32.1. The van der Waals surface area contributed by atoms with E-state index in [2.05, 4.69) is 23.6 Å². The zero-order valence-electron chi connectivity index (χ0n) is 17.7. The predicted molar refractivity (Wildman–Crippen MR) is 117 cm³/mol. The van der Waals surface area contributed by atoms with Crippen molar-refractivity contribution in [3.63, 3.8) is 0 Å². The number of thiazole rings is 1. The number of nitrogens with one attached hydrogen (secondary N) is 3. The standard InChI is InChI=1S/C23H30N4O2S/c1-14(21-24-18-5-3-4-6-19(18)30-21)27(2)13-20(28)25-22(29)26-23-10-15-7-16(11-23)9-17(8-15)12-23/h3-6,14-17H,7-13H2,1-2H3,(H2,25,26,28,29)/p+1/t14-,15?,16?,17?,23?/m0/s1. The number of amides is 3. The van der Waals surface area contributed by atoms with Gasteiger partial charge in [0.1, 0.15) is 6.04 Å². The van der Waals surface area contributed by atoms with E-state index in [0.717, 1.165) is 57.1 Å². The van der Waals surface area contributed by atoms with Gasteiger partial charge < -0.3 is 10.2 Å². The first-order valence-corrected chi connectivity index (χ1v) is 12.0. The highest BCUT2D eigenvalue weighted by molar-refractivity contribution is 7.18. The third kappa shape index (κ3) is 3.85. The minimum absolute atomic E-state index is 0.0772. The second kappa shape index (κ2) is 7.61. The van der Waals surface area contributed by atoms with Crippen LogP contribution in [0, 0.1) is 17.8 Å². The monoisotopic (exact) mass is 427 g/mol. The number of likely N-dealkylation sites (N-methyl/N-ethyl adjacent to an activating group) is 1. The van der Waals surface area contributed by atoms with Crippen molar-refractivity contribution in [1.29, 1.82) is 0 Å². The Morgan fingerprint density at radius 3 is 2.43 bits per heavy atom. The van der Waals surface area contributed by atoms with Gasteiger partial charge >= 0.3 is 6.03 Å². The Morgan fingerprint density at radius 1 is 1.17 bits per heavy atom. The summed E-state index contributed by atoms with van der Waals surface area (Å²) >= 11 is 1.67. The van der Waals surface area contributed by atoms with Gasteiger partial charge in [0, 0.05) is 5.54 Å². The molecule has 4 fully saturated rings. The maximum Gasteiger partial charge on any atom is 0.322 e. The van der Waals surface area contributed by atoms with Crippen molar-refractivity contribution < 1.29 is 14.5 Å². The van der Waals surface area contributed by atoms with Crippen LogP contribution in [0.4, 0.5) is 4.79 Å². The van der Waals surface area contributed by atoms with E-state index in [1.165, 1.54) is 19.3 Å². The summed E-state index contributed by atoms with van der Waals surface area (Å²) in [4.78, 5) is 30.9. The summed E-state index contributed by atoms with van der Waals surface area (Å²) < 4.78 is 1.16. The van der Waals surface area contributed by atoms with Gasteiger partial charge in [-0.25, -0.2) is 9.78 Å². The number of para-hydroxylation sites is 1. The first-order chi connectivity index (χ1) is 14.4. The van der Waals surface area contributed by atoms with Gasteiger partial charge in [-0.1, -0.05) is 12.1 Å². The maximum atomic E-state index is 12.6. The molecule has 0 radical (unpaired) electrons. The summed E-state index contributed by atoms with van der Waals surface area (Å²) in [5.41, 5.74) is 0.920. The smallest absolute Gasteiger partial charge is 0.322 e. The quantitative estimate of drug-likeness (QED) is 0.687. The van der Waals surface area contributed by atoms with Crippen LogP contribution < -0.4 is 15.5 Å². The number of hydrogen-bond donors (Lipinski definition) is 3. The zero-order valence-corrected chi connectivity index (χ0v) is 18.6. The average molecular weight is 428 g/mol. The summed E-state index contributed by atoms with van der Waals surface area (Å²) in [5.74, 6) is 2.05. The molecule has 30 heavy (non-hydrogen) atoms. The fourth-order valence-electron chi connectivity index (χ4n) is 6.40. The molecule has 2 atom stereocenters. The second-order valence-corrected chi connectivity index (χ2v) is 11.0. The molecule has 6 rings (SSSR count). The minimum Gasteiger partial charge on any atom is -0.332 e. The Kier molecular flexibility index (Phi) is 5.06. The van der Waals surface area contributed by atoms with Crippen molar-refractivity contribution in [1.82, 2.24) is 15.6 Å². The fraction of sp³-hybridized carbons (Fsp3) is 0.609. The molecular formula is C23H31N4O2S+. The van der Waals surface area contributed by atoms with Crippen LogP contribution in [0.15, 0.2) is 24.3 Å². The Morgan fingerprint density at radius 2 is 1.80 bits per heavy atom. The van der Waals surface area contributed by atoms with Gasteiger partial charge in [0.25, 0.3) is 5.91 Å². The van der Waals surface area contributed by atoms with Crippen LogP contribution in [0.3, 0.4) is 0 Å². The van der Waals surface area contributed by atoms with Crippen LogP contribution in [0.5, 0.6) is 0 Å². The van der Waals surface area contributed by atoms with E-state index in [-0.39, 0.29) is 30.1 Å². The molecule has 4 aliphatic rings. The minimum atomic E-state index is -0.317. The molecule has 3 N–H and O–H groups in total. The van der Waals surface area contributed by atoms with Crippen LogP contribution in [0.25, 0.3) is 10.2 Å². The van der Waals surface area contributed by atoms with Crippen molar-refractivity contribution in [3.8, 4) is 0 Å². The summed E-state index contributed by atoms with van der Waals surface area (Å²) in [6, 6.07) is 7.85. The fourth-order valence-corrected chi connectivity index (χ4v) is 7.51. The molecule has 0 aliphatic heterocycles. The van der Waals surface area contributed by atoms with E-state index in [4.69, 9.17) is 4.98 Å². The summed E-state index contributed by atoms with van der Waals surface area (Å²) in [7, 11) is 1.98. The van der Waals surface area contributed by atoms with Crippen LogP contribution in [0.2, 0.25) is 0 Å². The molecule has 2 aromatic rings. The Balaban J connectivity index is 1.16. The Bertz CT molecular complexity index is 903. The largest absolute Gasteiger partial charge is 0.332 e. The Hall–Kier alpha value is -1.99. The van der Waals surface area contributed by atoms with Gasteiger partial charge in [0.05, 0.1) is 17.3 Å². The third-order valence-corrected chi connectivity index (χ3v) is 8.75.